The molecule has 0 amide bonds. The zero-order chi connectivity index (χ0) is 72.4. The number of hydrogen-bond donors (Lipinski definition) is 5. The lowest BCUT2D eigenvalue weighted by Crippen LogP contribution is -2.25. The van der Waals surface area contributed by atoms with Gasteiger partial charge in [0.1, 0.15) is 73.4 Å². The first-order valence-corrected chi connectivity index (χ1v) is 41.0. The third kappa shape index (κ3) is 33.2. The van der Waals surface area contributed by atoms with Gasteiger partial charge in [0.2, 0.25) is 18.5 Å². The Kier molecular flexibility index (Phi) is 42.2. The highest BCUT2D eigenvalue weighted by atomic mass is 80.9. The van der Waals surface area contributed by atoms with Gasteiger partial charge in [-0.2, -0.15) is 0 Å². The van der Waals surface area contributed by atoms with E-state index in [1.807, 2.05) is 71.9 Å². The number of ether oxygens (including phenoxy) is 7. The van der Waals surface area contributed by atoms with Gasteiger partial charge >= 0.3 is 17.9 Å². The fraction of sp³-hybridized carbons (Fsp3) is 0.469. The van der Waals surface area contributed by atoms with E-state index < -0.39 is 36.4 Å². The Morgan fingerprint density at radius 2 is 0.789 bits per heavy atom. The van der Waals surface area contributed by atoms with E-state index in [1.165, 1.54) is 31.1 Å². The van der Waals surface area contributed by atoms with E-state index in [4.69, 9.17) is 78.4 Å². The summed E-state index contributed by atoms with van der Waals surface area (Å²) in [4.78, 5) is 42.5. The molecule has 5 aromatic rings. The summed E-state index contributed by atoms with van der Waals surface area (Å²) in [5.74, 6) is 0.951. The summed E-state index contributed by atoms with van der Waals surface area (Å²) >= 11 is 25.0. The highest BCUT2D eigenvalue weighted by Crippen LogP contribution is 2.44. The molecule has 0 atom stereocenters. The predicted molar refractivity (Wildman–Crippen MR) is 402 cm³/mol. The third-order valence-electron chi connectivity index (χ3n) is 12.8. The van der Waals surface area contributed by atoms with Crippen LogP contribution >= 0.6 is 146 Å². The van der Waals surface area contributed by atoms with Crippen LogP contribution in [0.25, 0.3) is 0 Å². The van der Waals surface area contributed by atoms with Gasteiger partial charge in [-0.25, -0.2) is 22.8 Å². The highest BCUT2D eigenvalue weighted by molar-refractivity contribution is 9.93. The molecule has 31 heteroatoms. The molecule has 0 bridgehead atoms. The first-order chi connectivity index (χ1) is 43.5. The number of methoxy groups -OCH3 is 1. The van der Waals surface area contributed by atoms with Gasteiger partial charge in [-0.15, -0.1) is 11.6 Å². The van der Waals surface area contributed by atoms with Crippen LogP contribution < -0.4 is 23.7 Å². The molecule has 0 radical (unpaired) electrons. The molecule has 11 rings (SSSR count). The average Bonchev–Trinajstić information content (AvgIpc) is 1.71. The number of carboxylic acids is 3. The maximum Gasteiger partial charge on any atom is 0.341 e. The summed E-state index contributed by atoms with van der Waals surface area (Å²) in [5.41, 5.74) is 7.20. The molecule has 5 N–H and O–H groups in total. The molecule has 18 nitrogen and oxygen atoms in total. The Hall–Kier alpha value is -2.51. The molecule has 6 heterocycles. The number of rotatable bonds is 5. The molecule has 0 spiro atoms. The maximum atomic E-state index is 11.6. The SMILES string of the molecule is BrBr.C.C1CCOC1.CC(=O)O.CC1(C)Cc2cc(Br)cc(C(=O)O)c2O1.CC1(C)Cc2cc(Br)cc(CCl)c2O1.CC1(C)Cc2cc(Br)cc(CO)c2O1.CC1(C)Cc2cccc(C(=O)O)c2O1.CO.COC(=O)c1cc(Br)cc2c1OC(C)(C)C2.O=S(Cl)Cl.O=S(Cl)Cl. The first-order valence-electron chi connectivity index (χ1n) is 28.0. The van der Waals surface area contributed by atoms with Gasteiger partial charge in [0.15, 0.2) is 0 Å². The molecule has 5 aromatic carbocycles. The minimum atomic E-state index is -1.67. The van der Waals surface area contributed by atoms with Crippen molar-refractivity contribution in [1.29, 1.82) is 0 Å². The minimum Gasteiger partial charge on any atom is -0.487 e. The summed E-state index contributed by atoms with van der Waals surface area (Å²) in [6, 6.07) is 20.5. The van der Waals surface area contributed by atoms with Crippen LogP contribution in [0.3, 0.4) is 0 Å². The van der Waals surface area contributed by atoms with Crippen molar-refractivity contribution in [2.75, 3.05) is 27.4 Å². The van der Waals surface area contributed by atoms with Gasteiger partial charge in [-0.05, 0) is 153 Å². The number of esters is 1. The Balaban J connectivity index is 0.00000108. The molecule has 6 aliphatic heterocycles. The molecule has 0 saturated carbocycles. The summed E-state index contributed by atoms with van der Waals surface area (Å²) in [6.45, 7) is 23.2. The normalized spacial score (nSPS) is 15.6. The Morgan fingerprint density at radius 1 is 0.505 bits per heavy atom. The maximum absolute atomic E-state index is 11.6. The second-order valence-corrected chi connectivity index (χ2v) is 32.6. The zero-order valence-electron chi connectivity index (χ0n) is 53.6. The van der Waals surface area contributed by atoms with E-state index >= 15 is 0 Å². The largest absolute Gasteiger partial charge is 0.487 e. The fourth-order valence-electron chi connectivity index (χ4n) is 9.77. The Morgan fingerprint density at radius 3 is 1.11 bits per heavy atom. The van der Waals surface area contributed by atoms with Crippen molar-refractivity contribution in [1.82, 2.24) is 0 Å². The number of aliphatic carboxylic acids is 1. The second kappa shape index (κ2) is 43.3. The number of para-hydroxylation sites is 1. The monoisotopic (exact) mass is 1850 g/mol. The zero-order valence-corrected chi connectivity index (χ0v) is 68.6. The quantitative estimate of drug-likeness (QED) is 0.0622. The van der Waals surface area contributed by atoms with Crippen molar-refractivity contribution in [3.63, 3.8) is 0 Å². The standard InChI is InChI=1S/C12H13BrO3.C11H12BrClO.C11H11BrO3.C11H13BrO2.C11H12O3.C4H8O.C2H4O2.CH4O.CH4.Br2.2Cl2OS/c1-12(2)6-7-4-8(13)5-9(10(7)16-12)11(14)15-3;1-11(2)5-7-3-9(12)4-8(6-13)10(7)14-11;1-11(2)5-6-3-7(12)4-8(10(13)14)9(6)15-11;1-11(2)5-7-3-9(12)4-8(6-13)10(7)14-11;1-11(2)6-7-4-3-5-8(10(12)13)9(7)14-11;1-2-4-5-3-1;1-2(3)4;1-2;;1-2;2*1-4(2)3/h4-5H,6H2,1-3H3;3-4H,5-6H2,1-2H3;3-4H,5H2,1-2H3,(H,13,14);3-4,13H,5-6H2,1-2H3;3-5H,6H2,1-2H3,(H,12,13);1-4H2;1H3,(H,3,4);2H,1H3;1H4;;;. The van der Waals surface area contributed by atoms with Crippen LogP contribution in [0.1, 0.15) is 166 Å². The first kappa shape index (κ1) is 92.5. The van der Waals surface area contributed by atoms with Crippen LogP contribution in [-0.2, 0) is 77.3 Å². The van der Waals surface area contributed by atoms with E-state index in [9.17, 15) is 19.5 Å². The molecule has 534 valence electrons. The number of carbonyl (C=O) groups is 4. The molecule has 0 aromatic heterocycles. The van der Waals surface area contributed by atoms with Crippen LogP contribution in [0.15, 0.2) is 84.6 Å². The van der Waals surface area contributed by atoms with Crippen molar-refractivity contribution >= 4 is 189 Å². The fourth-order valence-corrected chi connectivity index (χ4v) is 12.1. The average molecular weight is 1860 g/mol. The molecule has 1 saturated heterocycles. The molecule has 6 aliphatic rings. The number of benzene rings is 5. The van der Waals surface area contributed by atoms with Gasteiger partial charge in [-0.3, -0.25) is 4.79 Å². The van der Waals surface area contributed by atoms with Crippen molar-refractivity contribution < 1.29 is 86.3 Å². The highest BCUT2D eigenvalue weighted by Gasteiger charge is 2.37. The molecular formula is C64H81Br6Cl5O18S2. The lowest BCUT2D eigenvalue weighted by atomic mass is 10.0. The van der Waals surface area contributed by atoms with Gasteiger partial charge in [0.05, 0.1) is 19.6 Å². The topological polar surface area (TPSA) is 268 Å². The predicted octanol–water partition coefficient (Wildman–Crippen LogP) is 19.4. The van der Waals surface area contributed by atoms with Crippen molar-refractivity contribution in [3.8, 4) is 28.7 Å². The van der Waals surface area contributed by atoms with Crippen molar-refractivity contribution in [2.24, 2.45) is 0 Å². The van der Waals surface area contributed by atoms with E-state index in [1.54, 1.807) is 24.3 Å². The van der Waals surface area contributed by atoms with Gasteiger partial charge in [0.25, 0.3) is 5.97 Å². The number of fused-ring (bicyclic) bond motifs is 5. The number of aliphatic hydroxyl groups excluding tert-OH is 2. The number of carbonyl (C=O) groups excluding carboxylic acids is 1. The van der Waals surface area contributed by atoms with Crippen LogP contribution in [0.2, 0.25) is 0 Å². The van der Waals surface area contributed by atoms with Gasteiger partial charge in [-0.1, -0.05) is 83.3 Å². The second-order valence-electron chi connectivity index (χ2n) is 23.6. The van der Waals surface area contributed by atoms with Gasteiger partial charge in [0, 0.05) is 170 Å². The van der Waals surface area contributed by atoms with Crippen LogP contribution in [0.4, 0.5) is 0 Å². The number of hydrogen-bond acceptors (Lipinski definition) is 15. The van der Waals surface area contributed by atoms with Crippen molar-refractivity contribution in [3.05, 3.63) is 140 Å². The van der Waals surface area contributed by atoms with Crippen LogP contribution in [0, 0.1) is 0 Å². The van der Waals surface area contributed by atoms with E-state index in [-0.39, 0.29) is 59.1 Å². The summed E-state index contributed by atoms with van der Waals surface area (Å²) < 4.78 is 60.3. The van der Waals surface area contributed by atoms with Crippen molar-refractivity contribution in [2.45, 2.75) is 169 Å². The molecule has 0 unspecified atom stereocenters. The number of halogens is 11. The summed E-state index contributed by atoms with van der Waals surface area (Å²) in [7, 11) is 17.1. The third-order valence-corrected chi connectivity index (χ3v) is 14.9. The molecule has 0 aliphatic carbocycles. The lowest BCUT2D eigenvalue weighted by molar-refractivity contribution is -0.134. The van der Waals surface area contributed by atoms with E-state index in [0.29, 0.717) is 28.7 Å². The van der Waals surface area contributed by atoms with E-state index in [2.05, 4.69) is 175 Å². The molecule has 1 fully saturated rings. The smallest absolute Gasteiger partial charge is 0.341 e. The summed E-state index contributed by atoms with van der Waals surface area (Å²) in [6.07, 6.45) is 6.71. The number of aliphatic hydroxyl groups is 2. The molecular weight excluding hydrogens is 1780 g/mol. The lowest BCUT2D eigenvalue weighted by Gasteiger charge is -2.17. The Bertz CT molecular complexity index is 3290. The van der Waals surface area contributed by atoms with Crippen LogP contribution in [-0.4, -0.2) is 113 Å². The van der Waals surface area contributed by atoms with E-state index in [0.717, 1.165) is 117 Å². The number of carboxylic acid groups (broad SMARTS) is 3. The van der Waals surface area contributed by atoms with Gasteiger partial charge < -0.3 is 58.7 Å². The summed E-state index contributed by atoms with van der Waals surface area (Å²) in [5, 5.41) is 41.6. The van der Waals surface area contributed by atoms with Crippen LogP contribution in [0.5, 0.6) is 28.7 Å². The number of aromatic carboxylic acids is 2. The minimum absolute atomic E-state index is 0. The molecule has 95 heavy (non-hydrogen) atoms. The Labute approximate surface area is 634 Å². The number of alkyl halides is 1.